The molecule has 0 heterocycles. The first-order valence-electron chi connectivity index (χ1n) is 3.36. The first-order chi connectivity index (χ1) is 4.76. The predicted molar refractivity (Wildman–Crippen MR) is 41.1 cm³/mol. The zero-order valence-electron chi connectivity index (χ0n) is 6.81. The van der Waals surface area contributed by atoms with Crippen LogP contribution in [0.2, 0.25) is 0 Å². The second kappa shape index (κ2) is 3.48. The van der Waals surface area contributed by atoms with Crippen molar-refractivity contribution < 1.29 is 19.1 Å². The second-order valence-corrected chi connectivity index (χ2v) is 4.44. The molecule has 0 aliphatic carbocycles. The van der Waals surface area contributed by atoms with Crippen LogP contribution in [-0.2, 0) is 9.36 Å². The number of carbonyl (C=O) groups is 1. The van der Waals surface area contributed by atoms with Gasteiger partial charge in [0.05, 0.1) is 0 Å². The Labute approximate surface area is 65.8 Å². The molecule has 0 aromatic carbocycles. The molecule has 0 aliphatic rings. The minimum Gasteiger partial charge on any atom is -0.319 e. The molecule has 0 spiro atoms. The lowest BCUT2D eigenvalue weighted by Crippen LogP contribution is -2.16. The maximum absolute atomic E-state index is 10.8. The smallest absolute Gasteiger partial charge is 0.319 e. The molecule has 2 N–H and O–H groups in total. The van der Waals surface area contributed by atoms with Crippen molar-refractivity contribution in [1.29, 1.82) is 0 Å². The fourth-order valence-electron chi connectivity index (χ4n) is 0.550. The minimum absolute atomic E-state index is 0.0323. The molecule has 11 heavy (non-hydrogen) atoms. The normalized spacial score (nSPS) is 15.1. The maximum Gasteiger partial charge on any atom is 0.391 e. The van der Waals surface area contributed by atoms with Gasteiger partial charge in [0.2, 0.25) is 5.52 Å². The summed E-state index contributed by atoms with van der Waals surface area (Å²) in [5, 5.41) is 0. The Morgan fingerprint density at radius 1 is 1.27 bits per heavy atom. The molecule has 0 aromatic rings. The van der Waals surface area contributed by atoms with E-state index in [-0.39, 0.29) is 5.92 Å². The predicted octanol–water partition coefficient (Wildman–Crippen LogP) is 0.983. The highest BCUT2D eigenvalue weighted by atomic mass is 31.2. The van der Waals surface area contributed by atoms with E-state index in [0.29, 0.717) is 0 Å². The fraction of sp³-hybridized carbons (Fsp3) is 0.833. The van der Waals surface area contributed by atoms with Crippen molar-refractivity contribution in [3.63, 3.8) is 0 Å². The van der Waals surface area contributed by atoms with E-state index in [2.05, 4.69) is 0 Å². The van der Waals surface area contributed by atoms with Gasteiger partial charge in [-0.1, -0.05) is 20.8 Å². The van der Waals surface area contributed by atoms with Crippen LogP contribution in [0.15, 0.2) is 0 Å². The molecule has 1 unspecified atom stereocenters. The summed E-state index contributed by atoms with van der Waals surface area (Å²) in [4.78, 5) is 27.8. The lowest BCUT2D eigenvalue weighted by Gasteiger charge is -2.13. The van der Waals surface area contributed by atoms with Crippen LogP contribution in [0.25, 0.3) is 0 Å². The van der Waals surface area contributed by atoms with Gasteiger partial charge in [0.25, 0.3) is 0 Å². The van der Waals surface area contributed by atoms with Crippen molar-refractivity contribution >= 4 is 13.1 Å². The Hall–Kier alpha value is -0.180. The Kier molecular flexibility index (Phi) is 3.42. The van der Waals surface area contributed by atoms with Crippen LogP contribution in [0.3, 0.4) is 0 Å². The summed E-state index contributed by atoms with van der Waals surface area (Å²) < 4.78 is 10.4. The van der Waals surface area contributed by atoms with Crippen molar-refractivity contribution in [3.8, 4) is 0 Å². The van der Waals surface area contributed by atoms with Gasteiger partial charge in [-0.05, 0) is 5.92 Å². The lowest BCUT2D eigenvalue weighted by molar-refractivity contribution is -0.117. The summed E-state index contributed by atoms with van der Waals surface area (Å²) in [7, 11) is -4.51. The average Bonchev–Trinajstić information content (AvgIpc) is 1.82. The first kappa shape index (κ1) is 10.8. The zero-order valence-corrected chi connectivity index (χ0v) is 7.71. The van der Waals surface area contributed by atoms with Crippen molar-refractivity contribution in [2.24, 2.45) is 11.8 Å². The van der Waals surface area contributed by atoms with Gasteiger partial charge in [0.15, 0.2) is 0 Å². The van der Waals surface area contributed by atoms with Gasteiger partial charge in [-0.2, -0.15) is 0 Å². The van der Waals surface area contributed by atoms with E-state index in [1.54, 1.807) is 13.8 Å². The van der Waals surface area contributed by atoms with Gasteiger partial charge < -0.3 is 9.79 Å². The molecule has 66 valence electrons. The summed E-state index contributed by atoms with van der Waals surface area (Å²) in [5.74, 6) is -0.606. The molecule has 0 amide bonds. The van der Waals surface area contributed by atoms with Crippen LogP contribution in [0, 0.1) is 11.8 Å². The topological polar surface area (TPSA) is 74.6 Å². The molecular formula is C6H13O4P. The van der Waals surface area contributed by atoms with Crippen LogP contribution >= 0.6 is 7.60 Å². The fourth-order valence-corrected chi connectivity index (χ4v) is 1.38. The van der Waals surface area contributed by atoms with E-state index >= 15 is 0 Å². The average molecular weight is 180 g/mol. The third-order valence-electron chi connectivity index (χ3n) is 1.68. The van der Waals surface area contributed by atoms with E-state index < -0.39 is 19.0 Å². The van der Waals surface area contributed by atoms with E-state index in [1.165, 1.54) is 6.92 Å². The van der Waals surface area contributed by atoms with Gasteiger partial charge in [0, 0.05) is 5.92 Å². The molecule has 0 bridgehead atoms. The Morgan fingerprint density at radius 3 is 1.73 bits per heavy atom. The number of hydrogen-bond acceptors (Lipinski definition) is 2. The zero-order chi connectivity index (χ0) is 9.23. The summed E-state index contributed by atoms with van der Waals surface area (Å²) in [6.45, 7) is 5.02. The molecule has 0 radical (unpaired) electrons. The summed E-state index contributed by atoms with van der Waals surface area (Å²) in [5.41, 5.74) is -0.965. The van der Waals surface area contributed by atoms with E-state index in [4.69, 9.17) is 9.79 Å². The van der Waals surface area contributed by atoms with Gasteiger partial charge in [-0.3, -0.25) is 9.36 Å². The molecule has 0 rings (SSSR count). The number of carbonyl (C=O) groups excluding carboxylic acids is 1. The standard InChI is InChI=1S/C6H13O4P/c1-4(2)5(3)6(7)11(8,9)10/h4-5H,1-3H3,(H2,8,9,10). The minimum atomic E-state index is -4.51. The van der Waals surface area contributed by atoms with E-state index in [1.807, 2.05) is 0 Å². The van der Waals surface area contributed by atoms with Crippen LogP contribution < -0.4 is 0 Å². The summed E-state index contributed by atoms with van der Waals surface area (Å²) >= 11 is 0. The highest BCUT2D eigenvalue weighted by Crippen LogP contribution is 2.40. The van der Waals surface area contributed by atoms with Crippen LogP contribution in [0.5, 0.6) is 0 Å². The third kappa shape index (κ3) is 3.14. The van der Waals surface area contributed by atoms with Gasteiger partial charge in [-0.25, -0.2) is 0 Å². The lowest BCUT2D eigenvalue weighted by atomic mass is 10.0. The van der Waals surface area contributed by atoms with Crippen LogP contribution in [-0.4, -0.2) is 15.3 Å². The quantitative estimate of drug-likeness (QED) is 0.635. The maximum atomic E-state index is 10.8. The van der Waals surface area contributed by atoms with E-state index in [0.717, 1.165) is 0 Å². The summed E-state index contributed by atoms with van der Waals surface area (Å²) in [6, 6.07) is 0. The molecular weight excluding hydrogens is 167 g/mol. The highest BCUT2D eigenvalue weighted by molar-refractivity contribution is 7.70. The van der Waals surface area contributed by atoms with Gasteiger partial charge in [0.1, 0.15) is 0 Å². The first-order valence-corrected chi connectivity index (χ1v) is 4.98. The Bertz CT molecular complexity index is 193. The molecule has 0 fully saturated rings. The highest BCUT2D eigenvalue weighted by Gasteiger charge is 2.32. The Morgan fingerprint density at radius 2 is 1.64 bits per heavy atom. The second-order valence-electron chi connectivity index (χ2n) is 2.91. The Balaban J connectivity index is 4.39. The molecule has 0 saturated carbocycles. The molecule has 5 heteroatoms. The van der Waals surface area contributed by atoms with Crippen LogP contribution in [0.4, 0.5) is 0 Å². The molecule has 4 nitrogen and oxygen atoms in total. The molecule has 1 atom stereocenters. The van der Waals surface area contributed by atoms with Crippen molar-refractivity contribution in [2.75, 3.05) is 0 Å². The summed E-state index contributed by atoms with van der Waals surface area (Å²) in [6.07, 6.45) is 0. The number of rotatable bonds is 3. The van der Waals surface area contributed by atoms with Crippen molar-refractivity contribution in [3.05, 3.63) is 0 Å². The van der Waals surface area contributed by atoms with Gasteiger partial charge in [-0.15, -0.1) is 0 Å². The van der Waals surface area contributed by atoms with Crippen molar-refractivity contribution in [2.45, 2.75) is 20.8 Å². The monoisotopic (exact) mass is 180 g/mol. The van der Waals surface area contributed by atoms with Crippen LogP contribution in [0.1, 0.15) is 20.8 Å². The molecule has 0 aliphatic heterocycles. The van der Waals surface area contributed by atoms with E-state index in [9.17, 15) is 9.36 Å². The van der Waals surface area contributed by atoms with Gasteiger partial charge >= 0.3 is 7.60 Å². The molecule has 0 aromatic heterocycles. The molecule has 0 saturated heterocycles. The SMILES string of the molecule is CC(C)C(C)C(=O)P(=O)(O)O. The number of hydrogen-bond donors (Lipinski definition) is 2. The third-order valence-corrected chi connectivity index (χ3v) is 2.66. The largest absolute Gasteiger partial charge is 0.391 e. The van der Waals surface area contributed by atoms with Crippen molar-refractivity contribution in [1.82, 2.24) is 0 Å².